The van der Waals surface area contributed by atoms with E-state index in [2.05, 4.69) is 0 Å². The Morgan fingerprint density at radius 1 is 1.17 bits per heavy atom. The molecule has 0 spiro atoms. The lowest BCUT2D eigenvalue weighted by atomic mass is 10.1. The van der Waals surface area contributed by atoms with Gasteiger partial charge in [0.25, 0.3) is 11.6 Å². The molecule has 4 rings (SSSR count). The van der Waals surface area contributed by atoms with Crippen molar-refractivity contribution in [3.05, 3.63) is 62.9 Å². The Morgan fingerprint density at radius 3 is 2.37 bits per heavy atom. The molecular weight excluding hydrogens is 408 g/mol. The molecule has 1 aromatic heterocycles. The number of non-ortho nitro benzene ring substituents is 1. The second-order valence-corrected chi connectivity index (χ2v) is 8.36. The van der Waals surface area contributed by atoms with Crippen molar-refractivity contribution in [1.29, 1.82) is 0 Å². The summed E-state index contributed by atoms with van der Waals surface area (Å²) in [7, 11) is 1.95. The molecule has 2 aliphatic rings. The number of hydrogen-bond donors (Lipinski definition) is 0. The highest BCUT2D eigenvalue weighted by molar-refractivity contribution is 6.34. The molecular formula is C21H23ClN4O4. The standard InChI is InChI=1S/C21H23ClN4O4/c1-23-10-2-3-17(23)12-24(14-4-5-14)20(27)13-25(15-6-7-15)21(28)18-9-8-16(26(29)30)11-19(18)22/h2-3,8-11,14-15H,4-7,12-13H2,1H3. The van der Waals surface area contributed by atoms with E-state index in [-0.39, 0.29) is 46.7 Å². The zero-order valence-electron chi connectivity index (χ0n) is 16.7. The SMILES string of the molecule is Cn1cccc1CN(C(=O)CN(C(=O)c1ccc([N+](=O)[O-])cc1Cl)C1CC1)C1CC1. The molecule has 30 heavy (non-hydrogen) atoms. The highest BCUT2D eigenvalue weighted by Crippen LogP contribution is 2.33. The molecule has 0 atom stereocenters. The average Bonchev–Trinajstić information content (AvgIpc) is 3.63. The minimum atomic E-state index is -0.556. The van der Waals surface area contributed by atoms with Crippen LogP contribution in [0.5, 0.6) is 0 Å². The molecule has 1 heterocycles. The topological polar surface area (TPSA) is 88.7 Å². The van der Waals surface area contributed by atoms with Crippen molar-refractivity contribution in [2.24, 2.45) is 7.05 Å². The van der Waals surface area contributed by atoms with Crippen LogP contribution in [0.1, 0.15) is 41.7 Å². The first-order chi connectivity index (χ1) is 14.3. The van der Waals surface area contributed by atoms with Crippen molar-refractivity contribution in [3.63, 3.8) is 0 Å². The third-order valence-corrected chi connectivity index (χ3v) is 5.95. The van der Waals surface area contributed by atoms with E-state index in [1.807, 2.05) is 34.8 Å². The second kappa shape index (κ2) is 8.10. The van der Waals surface area contributed by atoms with Crippen molar-refractivity contribution < 1.29 is 14.5 Å². The van der Waals surface area contributed by atoms with Gasteiger partial charge in [0, 0.05) is 43.2 Å². The van der Waals surface area contributed by atoms with Crippen LogP contribution in [-0.4, -0.2) is 49.7 Å². The number of carbonyl (C=O) groups is 2. The molecule has 0 saturated heterocycles. The fraction of sp³-hybridized carbons (Fsp3) is 0.429. The minimum absolute atomic E-state index is 0.00352. The number of nitro benzene ring substituents is 1. The van der Waals surface area contributed by atoms with Crippen molar-refractivity contribution in [2.45, 2.75) is 44.3 Å². The third kappa shape index (κ3) is 4.33. The molecule has 0 unspecified atom stereocenters. The molecule has 0 radical (unpaired) electrons. The molecule has 1 aromatic carbocycles. The fourth-order valence-electron chi connectivity index (χ4n) is 3.58. The van der Waals surface area contributed by atoms with Gasteiger partial charge in [-0.3, -0.25) is 19.7 Å². The molecule has 158 valence electrons. The van der Waals surface area contributed by atoms with Crippen molar-refractivity contribution in [2.75, 3.05) is 6.54 Å². The number of carbonyl (C=O) groups excluding carboxylic acids is 2. The molecule has 2 fully saturated rings. The van der Waals surface area contributed by atoms with Gasteiger partial charge in [-0.05, 0) is 43.9 Å². The van der Waals surface area contributed by atoms with E-state index in [1.165, 1.54) is 18.2 Å². The van der Waals surface area contributed by atoms with Gasteiger partial charge in [0.1, 0.15) is 6.54 Å². The molecule has 2 saturated carbocycles. The zero-order chi connectivity index (χ0) is 21.4. The number of hydrogen-bond acceptors (Lipinski definition) is 4. The summed E-state index contributed by atoms with van der Waals surface area (Å²) in [4.78, 5) is 40.1. The lowest BCUT2D eigenvalue weighted by Crippen LogP contribution is -2.44. The molecule has 2 amide bonds. The maximum Gasteiger partial charge on any atom is 0.270 e. The fourth-order valence-corrected chi connectivity index (χ4v) is 3.83. The van der Waals surface area contributed by atoms with Gasteiger partial charge >= 0.3 is 0 Å². The summed E-state index contributed by atoms with van der Waals surface area (Å²) in [6.45, 7) is 0.496. The Bertz CT molecular complexity index is 997. The van der Waals surface area contributed by atoms with Crippen molar-refractivity contribution in [3.8, 4) is 0 Å². The van der Waals surface area contributed by atoms with Crippen LogP contribution < -0.4 is 0 Å². The van der Waals surface area contributed by atoms with Gasteiger partial charge in [-0.2, -0.15) is 0 Å². The Morgan fingerprint density at radius 2 is 1.83 bits per heavy atom. The summed E-state index contributed by atoms with van der Waals surface area (Å²) >= 11 is 6.16. The normalized spacial score (nSPS) is 15.7. The first kappa shape index (κ1) is 20.4. The number of aromatic nitrogens is 1. The smallest absolute Gasteiger partial charge is 0.270 e. The van der Waals surface area contributed by atoms with Gasteiger partial charge in [0.2, 0.25) is 5.91 Å². The van der Waals surface area contributed by atoms with E-state index in [4.69, 9.17) is 11.6 Å². The number of nitrogens with zero attached hydrogens (tertiary/aromatic N) is 4. The van der Waals surface area contributed by atoms with Crippen LogP contribution in [0.2, 0.25) is 5.02 Å². The van der Waals surface area contributed by atoms with Crippen LogP contribution in [0.3, 0.4) is 0 Å². The highest BCUT2D eigenvalue weighted by atomic mass is 35.5. The van der Waals surface area contributed by atoms with Crippen LogP contribution in [0, 0.1) is 10.1 Å². The lowest BCUT2D eigenvalue weighted by molar-refractivity contribution is -0.384. The highest BCUT2D eigenvalue weighted by Gasteiger charge is 2.39. The number of nitro groups is 1. The van der Waals surface area contributed by atoms with E-state index in [0.717, 1.165) is 31.4 Å². The summed E-state index contributed by atoms with van der Waals surface area (Å²) in [6.07, 6.45) is 5.57. The van der Waals surface area contributed by atoms with Crippen molar-refractivity contribution >= 4 is 29.1 Å². The molecule has 0 bridgehead atoms. The van der Waals surface area contributed by atoms with Crippen molar-refractivity contribution in [1.82, 2.24) is 14.4 Å². The van der Waals surface area contributed by atoms with Gasteiger partial charge in [-0.15, -0.1) is 0 Å². The molecule has 2 aromatic rings. The van der Waals surface area contributed by atoms with E-state index >= 15 is 0 Å². The largest absolute Gasteiger partial charge is 0.353 e. The summed E-state index contributed by atoms with van der Waals surface area (Å²) in [6, 6.07) is 7.96. The monoisotopic (exact) mass is 430 g/mol. The summed E-state index contributed by atoms with van der Waals surface area (Å²) in [5.41, 5.74) is 1.05. The molecule has 0 N–H and O–H groups in total. The number of rotatable bonds is 8. The maximum absolute atomic E-state index is 13.2. The Kier molecular flexibility index (Phi) is 5.51. The number of aryl methyl sites for hydroxylation is 1. The summed E-state index contributed by atoms with van der Waals surface area (Å²) < 4.78 is 1.99. The molecule has 2 aliphatic carbocycles. The summed E-state index contributed by atoms with van der Waals surface area (Å²) in [5, 5.41) is 11.0. The Labute approximate surface area is 179 Å². The van der Waals surface area contributed by atoms with Gasteiger partial charge in [0.15, 0.2) is 0 Å². The molecule has 9 heteroatoms. The lowest BCUT2D eigenvalue weighted by Gasteiger charge is -2.28. The third-order valence-electron chi connectivity index (χ3n) is 5.64. The second-order valence-electron chi connectivity index (χ2n) is 7.95. The van der Waals surface area contributed by atoms with Gasteiger partial charge in [-0.1, -0.05) is 11.6 Å². The Balaban J connectivity index is 1.51. The van der Waals surface area contributed by atoms with Gasteiger partial charge in [-0.25, -0.2) is 0 Å². The molecule has 8 nitrogen and oxygen atoms in total. The quantitative estimate of drug-likeness (QED) is 0.474. The maximum atomic E-state index is 13.2. The number of halogens is 1. The van der Waals surface area contributed by atoms with E-state index in [9.17, 15) is 19.7 Å². The van der Waals surface area contributed by atoms with Crippen LogP contribution in [0.4, 0.5) is 5.69 Å². The van der Waals surface area contributed by atoms with Crippen LogP contribution >= 0.6 is 11.6 Å². The van der Waals surface area contributed by atoms with E-state index in [0.29, 0.717) is 6.54 Å². The minimum Gasteiger partial charge on any atom is -0.353 e. The first-order valence-corrected chi connectivity index (χ1v) is 10.4. The van der Waals surface area contributed by atoms with Crippen LogP contribution in [0.15, 0.2) is 36.5 Å². The zero-order valence-corrected chi connectivity index (χ0v) is 17.4. The number of benzene rings is 1. The Hall–Kier alpha value is -2.87. The predicted octanol–water partition coefficient (Wildman–Crippen LogP) is 3.38. The number of amides is 2. The molecule has 0 aliphatic heterocycles. The van der Waals surface area contributed by atoms with E-state index < -0.39 is 4.92 Å². The first-order valence-electron chi connectivity index (χ1n) is 9.99. The van der Waals surface area contributed by atoms with Crippen LogP contribution in [-0.2, 0) is 18.4 Å². The summed E-state index contributed by atoms with van der Waals surface area (Å²) in [5.74, 6) is -0.447. The van der Waals surface area contributed by atoms with Gasteiger partial charge in [0.05, 0.1) is 22.1 Å². The van der Waals surface area contributed by atoms with E-state index in [1.54, 1.807) is 4.90 Å². The van der Waals surface area contributed by atoms with Crippen LogP contribution in [0.25, 0.3) is 0 Å². The average molecular weight is 431 g/mol. The predicted molar refractivity (Wildman–Crippen MR) is 111 cm³/mol. The van der Waals surface area contributed by atoms with Gasteiger partial charge < -0.3 is 14.4 Å².